The Morgan fingerprint density at radius 2 is 1.86 bits per heavy atom. The van der Waals surface area contributed by atoms with E-state index in [1.165, 1.54) is 18.3 Å². The number of aromatic nitrogens is 2. The summed E-state index contributed by atoms with van der Waals surface area (Å²) in [6.45, 7) is 9.37. The smallest absolute Gasteiger partial charge is 0.257 e. The third-order valence-corrected chi connectivity index (χ3v) is 3.46. The molecule has 8 heteroatoms. The Balaban J connectivity index is 2.23. The van der Waals surface area contributed by atoms with Crippen LogP contribution in [0.2, 0.25) is 0 Å². The molecule has 150 valence electrons. The van der Waals surface area contributed by atoms with Crippen LogP contribution >= 0.6 is 0 Å². The number of carbonyl (C=O) groups is 1. The number of hydrogen-bond acceptors (Lipinski definition) is 7. The lowest BCUT2D eigenvalue weighted by molar-refractivity contribution is 0.0876. The minimum Gasteiger partial charge on any atom is -0.508 e. The lowest BCUT2D eigenvalue weighted by Gasteiger charge is -2.16. The monoisotopic (exact) mass is 387 g/mol. The highest BCUT2D eigenvalue weighted by atomic mass is 16.5. The summed E-state index contributed by atoms with van der Waals surface area (Å²) in [7, 11) is 1.58. The normalized spacial score (nSPS) is 11.8. The molecule has 2 N–H and O–H groups in total. The number of hydrogen-bond donors (Lipinski definition) is 2. The van der Waals surface area contributed by atoms with Crippen molar-refractivity contribution < 1.29 is 24.1 Å². The number of ether oxygens (including phenoxy) is 3. The van der Waals surface area contributed by atoms with Crippen molar-refractivity contribution in [1.82, 2.24) is 9.97 Å². The van der Waals surface area contributed by atoms with Crippen molar-refractivity contribution in [2.45, 2.75) is 33.0 Å². The first kappa shape index (κ1) is 21.2. The summed E-state index contributed by atoms with van der Waals surface area (Å²) in [6.07, 6.45) is 1.05. The molecule has 0 spiro atoms. The number of carbonyl (C=O) groups excluding carboxylic acids is 1. The van der Waals surface area contributed by atoms with Gasteiger partial charge in [-0.1, -0.05) is 6.58 Å². The second-order valence-electron chi connectivity index (χ2n) is 6.42. The first-order chi connectivity index (χ1) is 13.3. The van der Waals surface area contributed by atoms with Gasteiger partial charge in [0.2, 0.25) is 11.8 Å². The van der Waals surface area contributed by atoms with Gasteiger partial charge in [0.15, 0.2) is 0 Å². The molecule has 0 saturated heterocycles. The molecule has 0 unspecified atom stereocenters. The minimum absolute atomic E-state index is 0.0954. The van der Waals surface area contributed by atoms with Gasteiger partial charge in [0, 0.05) is 31.0 Å². The van der Waals surface area contributed by atoms with Crippen molar-refractivity contribution in [1.29, 1.82) is 0 Å². The van der Waals surface area contributed by atoms with E-state index in [4.69, 9.17) is 14.2 Å². The summed E-state index contributed by atoms with van der Waals surface area (Å²) in [4.78, 5) is 21.0. The largest absolute Gasteiger partial charge is 0.508 e. The van der Waals surface area contributed by atoms with Gasteiger partial charge in [0.25, 0.3) is 5.91 Å². The fraction of sp³-hybridized carbons (Fsp3) is 0.350. The SMILES string of the molecule is C=C(O)c1ccc(NC(=O)c2cc(OC(C)C)nc(O[C@H](C)COC)c2)nc1. The standard InChI is InChI=1S/C20H25N3O5/c1-12(2)27-18-8-16(9-19(23-18)28-13(3)11-26-5)20(25)22-17-7-6-15(10-21-17)14(4)24/h6-10,12-13,24H,4,11H2,1-3,5H3,(H,21,22,25)/t13-/m1/s1. The Morgan fingerprint density at radius 1 is 1.18 bits per heavy atom. The van der Waals surface area contributed by atoms with Crippen molar-refractivity contribution >= 4 is 17.5 Å². The van der Waals surface area contributed by atoms with Gasteiger partial charge in [-0.3, -0.25) is 4.79 Å². The lowest BCUT2D eigenvalue weighted by Crippen LogP contribution is -2.20. The Hall–Kier alpha value is -3.13. The molecule has 0 radical (unpaired) electrons. The zero-order valence-corrected chi connectivity index (χ0v) is 16.4. The van der Waals surface area contributed by atoms with E-state index >= 15 is 0 Å². The van der Waals surface area contributed by atoms with Crippen LogP contribution in [0.3, 0.4) is 0 Å². The van der Waals surface area contributed by atoms with Crippen molar-refractivity contribution in [3.63, 3.8) is 0 Å². The highest BCUT2D eigenvalue weighted by Gasteiger charge is 2.15. The maximum Gasteiger partial charge on any atom is 0.257 e. The second-order valence-corrected chi connectivity index (χ2v) is 6.42. The molecule has 0 bridgehead atoms. The molecule has 2 aromatic rings. The van der Waals surface area contributed by atoms with E-state index < -0.39 is 5.91 Å². The molecular weight excluding hydrogens is 362 g/mol. The lowest BCUT2D eigenvalue weighted by atomic mass is 10.2. The topological polar surface area (TPSA) is 103 Å². The number of amides is 1. The summed E-state index contributed by atoms with van der Waals surface area (Å²) >= 11 is 0. The van der Waals surface area contributed by atoms with Crippen LogP contribution in [0.15, 0.2) is 37.0 Å². The summed E-state index contributed by atoms with van der Waals surface area (Å²) in [5, 5.41) is 12.0. The third kappa shape index (κ3) is 6.24. The van der Waals surface area contributed by atoms with Crippen LogP contribution in [0.25, 0.3) is 5.76 Å². The van der Waals surface area contributed by atoms with Gasteiger partial charge in [-0.2, -0.15) is 4.98 Å². The molecule has 8 nitrogen and oxygen atoms in total. The Bertz CT molecular complexity index is 821. The number of nitrogens with one attached hydrogen (secondary N) is 1. The van der Waals surface area contributed by atoms with Gasteiger partial charge in [-0.25, -0.2) is 4.98 Å². The predicted molar refractivity (Wildman–Crippen MR) is 106 cm³/mol. The Kier molecular flexibility index (Phi) is 7.34. The number of methoxy groups -OCH3 is 1. The van der Waals surface area contributed by atoms with Crippen LogP contribution in [0.1, 0.15) is 36.7 Å². The molecule has 2 rings (SSSR count). The third-order valence-electron chi connectivity index (χ3n) is 3.46. The first-order valence-electron chi connectivity index (χ1n) is 8.78. The summed E-state index contributed by atoms with van der Waals surface area (Å²) in [5.41, 5.74) is 0.778. The molecular formula is C20H25N3O5. The van der Waals surface area contributed by atoms with Crippen molar-refractivity contribution in [2.24, 2.45) is 0 Å². The van der Waals surface area contributed by atoms with Crippen LogP contribution in [0.4, 0.5) is 5.82 Å². The zero-order valence-electron chi connectivity index (χ0n) is 16.4. The Morgan fingerprint density at radius 3 is 2.39 bits per heavy atom. The van der Waals surface area contributed by atoms with Gasteiger partial charge in [-0.15, -0.1) is 0 Å². The van der Waals surface area contributed by atoms with E-state index in [1.807, 2.05) is 20.8 Å². The molecule has 0 fully saturated rings. The average Bonchev–Trinajstić information content (AvgIpc) is 2.61. The fourth-order valence-electron chi connectivity index (χ4n) is 2.28. The van der Waals surface area contributed by atoms with Gasteiger partial charge in [0.05, 0.1) is 18.3 Å². The van der Waals surface area contributed by atoms with E-state index in [0.717, 1.165) is 0 Å². The highest BCUT2D eigenvalue weighted by Crippen LogP contribution is 2.21. The first-order valence-corrected chi connectivity index (χ1v) is 8.78. The van der Waals surface area contributed by atoms with E-state index in [9.17, 15) is 9.90 Å². The van der Waals surface area contributed by atoms with Crippen LogP contribution < -0.4 is 14.8 Å². The molecule has 0 aliphatic carbocycles. The molecule has 1 amide bonds. The van der Waals surface area contributed by atoms with Crippen molar-refractivity contribution in [2.75, 3.05) is 19.0 Å². The number of nitrogens with zero attached hydrogens (tertiary/aromatic N) is 2. The van der Waals surface area contributed by atoms with E-state index in [-0.39, 0.29) is 29.7 Å². The van der Waals surface area contributed by atoms with Crippen LogP contribution in [-0.2, 0) is 4.74 Å². The molecule has 0 aliphatic rings. The number of rotatable bonds is 9. The van der Waals surface area contributed by atoms with Crippen molar-refractivity contribution in [3.8, 4) is 11.8 Å². The molecule has 0 saturated carbocycles. The van der Waals surface area contributed by atoms with Gasteiger partial charge >= 0.3 is 0 Å². The summed E-state index contributed by atoms with van der Waals surface area (Å²) < 4.78 is 16.4. The molecule has 28 heavy (non-hydrogen) atoms. The maximum absolute atomic E-state index is 12.7. The van der Waals surface area contributed by atoms with Gasteiger partial charge < -0.3 is 24.6 Å². The second kappa shape index (κ2) is 9.70. The zero-order chi connectivity index (χ0) is 20.7. The molecule has 0 aromatic carbocycles. The minimum atomic E-state index is -0.400. The van der Waals surface area contributed by atoms with E-state index in [0.29, 0.717) is 23.6 Å². The average molecular weight is 387 g/mol. The van der Waals surface area contributed by atoms with Gasteiger partial charge in [0.1, 0.15) is 17.7 Å². The molecule has 2 aromatic heterocycles. The number of pyridine rings is 2. The number of aliphatic hydroxyl groups excluding tert-OH is 1. The van der Waals surface area contributed by atoms with Crippen LogP contribution in [0, 0.1) is 0 Å². The maximum atomic E-state index is 12.7. The Labute approximate surface area is 164 Å². The summed E-state index contributed by atoms with van der Waals surface area (Å²) in [5.74, 6) is 0.369. The van der Waals surface area contributed by atoms with E-state index in [1.54, 1.807) is 19.2 Å². The van der Waals surface area contributed by atoms with Crippen molar-refractivity contribution in [3.05, 3.63) is 48.2 Å². The van der Waals surface area contributed by atoms with E-state index in [2.05, 4.69) is 21.9 Å². The quantitative estimate of drug-likeness (QED) is 0.635. The van der Waals surface area contributed by atoms with Crippen LogP contribution in [0.5, 0.6) is 11.8 Å². The number of anilines is 1. The predicted octanol–water partition coefficient (Wildman–Crippen LogP) is 3.46. The summed E-state index contributed by atoms with van der Waals surface area (Å²) in [6, 6.07) is 6.23. The molecule has 1 atom stereocenters. The van der Waals surface area contributed by atoms with Gasteiger partial charge in [-0.05, 0) is 32.9 Å². The number of aliphatic hydroxyl groups is 1. The molecule has 0 aliphatic heterocycles. The highest BCUT2D eigenvalue weighted by molar-refractivity contribution is 6.04. The van der Waals surface area contributed by atoms with Crippen LogP contribution in [-0.4, -0.2) is 46.9 Å². The fourth-order valence-corrected chi connectivity index (χ4v) is 2.28. The molecule has 2 heterocycles.